The van der Waals surface area contributed by atoms with Gasteiger partial charge >= 0.3 is 0 Å². The summed E-state index contributed by atoms with van der Waals surface area (Å²) >= 11 is 0. The molecule has 0 spiro atoms. The molecule has 4 heteroatoms. The number of benzene rings is 2. The summed E-state index contributed by atoms with van der Waals surface area (Å²) in [5, 5.41) is 0. The topological polar surface area (TPSA) is 40.6 Å². The minimum atomic E-state index is -0.0757. The van der Waals surface area contributed by atoms with Crippen molar-refractivity contribution in [1.29, 1.82) is 0 Å². The predicted octanol–water partition coefficient (Wildman–Crippen LogP) is 2.87. The number of rotatable bonds is 2. The van der Waals surface area contributed by atoms with E-state index in [-0.39, 0.29) is 18.4 Å². The lowest BCUT2D eigenvalue weighted by molar-refractivity contribution is -0.118. The molecule has 0 aromatic heterocycles. The third-order valence-corrected chi connectivity index (χ3v) is 4.09. The Bertz CT molecular complexity index is 695. The van der Waals surface area contributed by atoms with E-state index >= 15 is 0 Å². The number of carbonyl (C=O) groups excluding carboxylic acids is 2. The molecular weight excluding hydrogens is 288 g/mol. The fraction of sp³-hybridized carbons (Fsp3) is 0.263. The summed E-state index contributed by atoms with van der Waals surface area (Å²) in [6.07, 6.45) is 0.776. The minimum Gasteiger partial charge on any atom is -0.329 e. The van der Waals surface area contributed by atoms with Crippen LogP contribution < -0.4 is 4.90 Å². The molecule has 0 atom stereocenters. The first kappa shape index (κ1) is 15.3. The van der Waals surface area contributed by atoms with E-state index in [9.17, 15) is 9.59 Å². The summed E-state index contributed by atoms with van der Waals surface area (Å²) in [5.74, 6) is -0.109. The fourth-order valence-corrected chi connectivity index (χ4v) is 2.81. The Balaban J connectivity index is 1.75. The van der Waals surface area contributed by atoms with Crippen molar-refractivity contribution in [2.45, 2.75) is 13.3 Å². The van der Waals surface area contributed by atoms with Gasteiger partial charge in [0.1, 0.15) is 6.54 Å². The van der Waals surface area contributed by atoms with Gasteiger partial charge < -0.3 is 9.80 Å². The van der Waals surface area contributed by atoms with E-state index in [1.165, 1.54) is 0 Å². The maximum Gasteiger partial charge on any atom is 0.254 e. The van der Waals surface area contributed by atoms with E-state index in [0.29, 0.717) is 18.7 Å². The number of nitrogens with zero attached hydrogens (tertiary/aromatic N) is 2. The van der Waals surface area contributed by atoms with Crippen molar-refractivity contribution >= 4 is 17.5 Å². The van der Waals surface area contributed by atoms with Crippen LogP contribution in [0, 0.1) is 6.92 Å². The standard InChI is InChI=1S/C19H20N2O2/c1-15-8-10-16(11-9-15)19(23)20-12-5-13-21(18(22)14-20)17-6-3-2-4-7-17/h2-4,6-11H,5,12-14H2,1H3. The van der Waals surface area contributed by atoms with Crippen LogP contribution >= 0.6 is 0 Å². The van der Waals surface area contributed by atoms with Gasteiger partial charge in [-0.25, -0.2) is 0 Å². The maximum atomic E-state index is 12.6. The molecule has 0 bridgehead atoms. The highest BCUT2D eigenvalue weighted by molar-refractivity contribution is 6.00. The van der Waals surface area contributed by atoms with Crippen molar-refractivity contribution in [3.8, 4) is 0 Å². The third-order valence-electron chi connectivity index (χ3n) is 4.09. The molecule has 3 rings (SSSR count). The lowest BCUT2D eigenvalue weighted by atomic mass is 10.1. The second-order valence-electron chi connectivity index (χ2n) is 5.83. The van der Waals surface area contributed by atoms with Crippen molar-refractivity contribution in [1.82, 2.24) is 4.90 Å². The zero-order chi connectivity index (χ0) is 16.2. The van der Waals surface area contributed by atoms with Crippen LogP contribution in [0.4, 0.5) is 5.69 Å². The number of carbonyl (C=O) groups is 2. The number of amides is 2. The summed E-state index contributed by atoms with van der Waals surface area (Å²) < 4.78 is 0. The first-order chi connectivity index (χ1) is 11.1. The summed E-state index contributed by atoms with van der Waals surface area (Å²) in [6, 6.07) is 17.1. The lowest BCUT2D eigenvalue weighted by Crippen LogP contribution is -2.39. The molecule has 0 radical (unpaired) electrons. The molecule has 2 aromatic carbocycles. The van der Waals surface area contributed by atoms with Gasteiger partial charge in [0.25, 0.3) is 5.91 Å². The van der Waals surface area contributed by atoms with Crippen molar-refractivity contribution in [3.05, 3.63) is 65.7 Å². The molecule has 118 valence electrons. The molecule has 2 aromatic rings. The smallest absolute Gasteiger partial charge is 0.254 e. The molecule has 1 saturated heterocycles. The Hall–Kier alpha value is -2.62. The normalized spacial score (nSPS) is 15.4. The molecule has 1 aliphatic rings. The van der Waals surface area contributed by atoms with Gasteiger partial charge in [0.15, 0.2) is 0 Å². The average Bonchev–Trinajstić information content (AvgIpc) is 2.77. The number of hydrogen-bond acceptors (Lipinski definition) is 2. The number of anilines is 1. The van der Waals surface area contributed by atoms with Gasteiger partial charge in [0.05, 0.1) is 0 Å². The summed E-state index contributed by atoms with van der Waals surface area (Å²) in [7, 11) is 0. The van der Waals surface area contributed by atoms with E-state index in [4.69, 9.17) is 0 Å². The van der Waals surface area contributed by atoms with Gasteiger partial charge in [-0.15, -0.1) is 0 Å². The second kappa shape index (κ2) is 6.65. The first-order valence-electron chi connectivity index (χ1n) is 7.86. The van der Waals surface area contributed by atoms with E-state index < -0.39 is 0 Å². The van der Waals surface area contributed by atoms with E-state index in [2.05, 4.69) is 0 Å². The average molecular weight is 308 g/mol. The van der Waals surface area contributed by atoms with E-state index in [1.54, 1.807) is 9.80 Å². The van der Waals surface area contributed by atoms with Gasteiger partial charge in [0, 0.05) is 24.3 Å². The van der Waals surface area contributed by atoms with Crippen LogP contribution in [0.2, 0.25) is 0 Å². The second-order valence-corrected chi connectivity index (χ2v) is 5.83. The largest absolute Gasteiger partial charge is 0.329 e. The molecule has 4 nitrogen and oxygen atoms in total. The number of hydrogen-bond donors (Lipinski definition) is 0. The van der Waals surface area contributed by atoms with Crippen LogP contribution in [0.25, 0.3) is 0 Å². The number of para-hydroxylation sites is 1. The first-order valence-corrected chi connectivity index (χ1v) is 7.86. The Morgan fingerprint density at radius 3 is 2.35 bits per heavy atom. The molecule has 0 aliphatic carbocycles. The molecule has 0 saturated carbocycles. The minimum absolute atomic E-state index is 0.0332. The van der Waals surface area contributed by atoms with Crippen LogP contribution in [0.1, 0.15) is 22.3 Å². The predicted molar refractivity (Wildman–Crippen MR) is 90.5 cm³/mol. The Kier molecular flexibility index (Phi) is 4.42. The van der Waals surface area contributed by atoms with Crippen LogP contribution in [-0.2, 0) is 4.79 Å². The maximum absolute atomic E-state index is 12.6. The van der Waals surface area contributed by atoms with E-state index in [1.807, 2.05) is 61.5 Å². The third kappa shape index (κ3) is 3.42. The molecule has 0 unspecified atom stereocenters. The van der Waals surface area contributed by atoms with Gasteiger partial charge in [-0.3, -0.25) is 9.59 Å². The Morgan fingerprint density at radius 2 is 1.65 bits per heavy atom. The van der Waals surface area contributed by atoms with Gasteiger partial charge in [-0.1, -0.05) is 35.9 Å². The van der Waals surface area contributed by atoms with Crippen LogP contribution in [0.5, 0.6) is 0 Å². The van der Waals surface area contributed by atoms with Crippen LogP contribution in [0.3, 0.4) is 0 Å². The Morgan fingerprint density at radius 1 is 0.957 bits per heavy atom. The summed E-state index contributed by atoms with van der Waals surface area (Å²) in [6.45, 7) is 3.35. The highest BCUT2D eigenvalue weighted by Crippen LogP contribution is 2.18. The molecule has 1 aliphatic heterocycles. The van der Waals surface area contributed by atoms with Gasteiger partial charge in [-0.05, 0) is 37.6 Å². The Labute approximate surface area is 136 Å². The quantitative estimate of drug-likeness (QED) is 0.856. The molecule has 2 amide bonds. The fourth-order valence-electron chi connectivity index (χ4n) is 2.81. The van der Waals surface area contributed by atoms with Crippen molar-refractivity contribution in [3.63, 3.8) is 0 Å². The zero-order valence-electron chi connectivity index (χ0n) is 13.2. The van der Waals surface area contributed by atoms with Gasteiger partial charge in [-0.2, -0.15) is 0 Å². The molecule has 23 heavy (non-hydrogen) atoms. The SMILES string of the molecule is Cc1ccc(C(=O)N2CCCN(c3ccccc3)C(=O)C2)cc1. The van der Waals surface area contributed by atoms with Crippen LogP contribution in [0.15, 0.2) is 54.6 Å². The summed E-state index contributed by atoms with van der Waals surface area (Å²) in [5.41, 5.74) is 2.64. The van der Waals surface area contributed by atoms with E-state index in [0.717, 1.165) is 17.7 Å². The monoisotopic (exact) mass is 308 g/mol. The molecule has 1 heterocycles. The lowest BCUT2D eigenvalue weighted by Gasteiger charge is -2.22. The van der Waals surface area contributed by atoms with Crippen molar-refractivity contribution in [2.24, 2.45) is 0 Å². The highest BCUT2D eigenvalue weighted by atomic mass is 16.2. The summed E-state index contributed by atoms with van der Waals surface area (Å²) in [4.78, 5) is 28.6. The van der Waals surface area contributed by atoms with Gasteiger partial charge in [0.2, 0.25) is 5.91 Å². The highest BCUT2D eigenvalue weighted by Gasteiger charge is 2.26. The van der Waals surface area contributed by atoms with Crippen LogP contribution in [-0.4, -0.2) is 36.3 Å². The molecular formula is C19H20N2O2. The molecule has 0 N–H and O–H groups in total. The molecule has 1 fully saturated rings. The van der Waals surface area contributed by atoms with Crippen molar-refractivity contribution in [2.75, 3.05) is 24.5 Å². The van der Waals surface area contributed by atoms with Crippen molar-refractivity contribution < 1.29 is 9.59 Å². The zero-order valence-corrected chi connectivity index (χ0v) is 13.2. The number of aryl methyl sites for hydroxylation is 1.